The number of nitrogens with zero attached hydrogens (tertiary/aromatic N) is 4. The second kappa shape index (κ2) is 6.56. The fourth-order valence-corrected chi connectivity index (χ4v) is 2.63. The summed E-state index contributed by atoms with van der Waals surface area (Å²) in [5.41, 5.74) is 1.99. The molecule has 1 saturated heterocycles. The van der Waals surface area contributed by atoms with Gasteiger partial charge < -0.3 is 9.80 Å². The summed E-state index contributed by atoms with van der Waals surface area (Å²) < 4.78 is 0. The summed E-state index contributed by atoms with van der Waals surface area (Å²) in [6, 6.07) is 13.9. The molecule has 0 N–H and O–H groups in total. The molecule has 0 spiro atoms. The summed E-state index contributed by atoms with van der Waals surface area (Å²) in [6.07, 6.45) is 0.477. The Morgan fingerprint density at radius 2 is 1.73 bits per heavy atom. The van der Waals surface area contributed by atoms with E-state index in [1.165, 1.54) is 0 Å². The van der Waals surface area contributed by atoms with Gasteiger partial charge in [0.05, 0.1) is 12.1 Å². The average molecular weight is 296 g/mol. The number of aryl methyl sites for hydroxylation is 1. The third-order valence-corrected chi connectivity index (χ3v) is 3.94. The second-order valence-corrected chi connectivity index (χ2v) is 5.56. The van der Waals surface area contributed by atoms with Gasteiger partial charge in [-0.1, -0.05) is 30.3 Å². The zero-order valence-electron chi connectivity index (χ0n) is 12.8. The van der Waals surface area contributed by atoms with E-state index >= 15 is 0 Å². The number of hydrogen-bond donors (Lipinski definition) is 0. The SMILES string of the molecule is Cc1ccc(N2CCN(C(=O)Cc3ccccc3)CC2)nn1. The van der Waals surface area contributed by atoms with E-state index in [2.05, 4.69) is 15.1 Å². The Balaban J connectivity index is 1.55. The molecule has 2 aromatic rings. The van der Waals surface area contributed by atoms with E-state index in [0.29, 0.717) is 6.42 Å². The second-order valence-electron chi connectivity index (χ2n) is 5.56. The number of aromatic nitrogens is 2. The summed E-state index contributed by atoms with van der Waals surface area (Å²) in [5, 5.41) is 8.30. The van der Waals surface area contributed by atoms with E-state index in [0.717, 1.165) is 43.3 Å². The Kier molecular flexibility index (Phi) is 4.32. The van der Waals surface area contributed by atoms with Crippen molar-refractivity contribution in [2.75, 3.05) is 31.1 Å². The van der Waals surface area contributed by atoms with Gasteiger partial charge in [-0.2, -0.15) is 5.10 Å². The average Bonchev–Trinajstić information content (AvgIpc) is 2.57. The molecule has 1 aliphatic rings. The largest absolute Gasteiger partial charge is 0.352 e. The monoisotopic (exact) mass is 296 g/mol. The highest BCUT2D eigenvalue weighted by Gasteiger charge is 2.21. The highest BCUT2D eigenvalue weighted by Crippen LogP contribution is 2.13. The van der Waals surface area contributed by atoms with Crippen molar-refractivity contribution in [1.82, 2.24) is 15.1 Å². The van der Waals surface area contributed by atoms with Crippen LogP contribution in [0.4, 0.5) is 5.82 Å². The first-order chi connectivity index (χ1) is 10.7. The van der Waals surface area contributed by atoms with Gasteiger partial charge in [0.25, 0.3) is 0 Å². The lowest BCUT2D eigenvalue weighted by atomic mass is 10.1. The molecular weight excluding hydrogens is 276 g/mol. The third kappa shape index (κ3) is 3.42. The van der Waals surface area contributed by atoms with Crippen LogP contribution in [0.3, 0.4) is 0 Å². The number of carbonyl (C=O) groups excluding carboxylic acids is 1. The van der Waals surface area contributed by atoms with Crippen LogP contribution in [-0.4, -0.2) is 47.2 Å². The molecule has 5 nitrogen and oxygen atoms in total. The van der Waals surface area contributed by atoms with Crippen molar-refractivity contribution in [3.63, 3.8) is 0 Å². The predicted molar refractivity (Wildman–Crippen MR) is 85.7 cm³/mol. The topological polar surface area (TPSA) is 49.3 Å². The summed E-state index contributed by atoms with van der Waals surface area (Å²) >= 11 is 0. The zero-order chi connectivity index (χ0) is 15.4. The predicted octanol–water partition coefficient (Wildman–Crippen LogP) is 1.68. The Morgan fingerprint density at radius 3 is 2.36 bits per heavy atom. The Labute approximate surface area is 130 Å². The van der Waals surface area contributed by atoms with E-state index < -0.39 is 0 Å². The molecule has 0 unspecified atom stereocenters. The first-order valence-corrected chi connectivity index (χ1v) is 7.59. The van der Waals surface area contributed by atoms with Crippen LogP contribution in [0.1, 0.15) is 11.3 Å². The molecule has 3 rings (SSSR count). The van der Waals surface area contributed by atoms with Gasteiger partial charge in [0.2, 0.25) is 5.91 Å². The van der Waals surface area contributed by atoms with Crippen LogP contribution < -0.4 is 4.90 Å². The summed E-state index contributed by atoms with van der Waals surface area (Å²) in [6.45, 7) is 5.01. The zero-order valence-corrected chi connectivity index (χ0v) is 12.8. The number of benzene rings is 1. The van der Waals surface area contributed by atoms with Gasteiger partial charge in [0.15, 0.2) is 5.82 Å². The minimum atomic E-state index is 0.195. The minimum absolute atomic E-state index is 0.195. The van der Waals surface area contributed by atoms with Gasteiger partial charge in [0, 0.05) is 26.2 Å². The Hall–Kier alpha value is -2.43. The lowest BCUT2D eigenvalue weighted by Crippen LogP contribution is -2.49. The summed E-state index contributed by atoms with van der Waals surface area (Å²) in [4.78, 5) is 16.4. The number of hydrogen-bond acceptors (Lipinski definition) is 4. The van der Waals surface area contributed by atoms with Crippen molar-refractivity contribution in [1.29, 1.82) is 0 Å². The molecule has 114 valence electrons. The van der Waals surface area contributed by atoms with Crippen molar-refractivity contribution in [3.05, 3.63) is 53.7 Å². The fraction of sp³-hybridized carbons (Fsp3) is 0.353. The Bertz CT molecular complexity index is 619. The van der Waals surface area contributed by atoms with E-state index in [-0.39, 0.29) is 5.91 Å². The van der Waals surface area contributed by atoms with Crippen LogP contribution >= 0.6 is 0 Å². The molecule has 1 aliphatic heterocycles. The van der Waals surface area contributed by atoms with E-state index in [9.17, 15) is 4.79 Å². The third-order valence-electron chi connectivity index (χ3n) is 3.94. The summed E-state index contributed by atoms with van der Waals surface area (Å²) in [5.74, 6) is 1.08. The quantitative estimate of drug-likeness (QED) is 0.864. The molecule has 0 bridgehead atoms. The number of piperazine rings is 1. The van der Waals surface area contributed by atoms with E-state index in [1.54, 1.807) is 0 Å². The highest BCUT2D eigenvalue weighted by molar-refractivity contribution is 5.79. The van der Waals surface area contributed by atoms with Crippen LogP contribution in [0.5, 0.6) is 0 Å². The van der Waals surface area contributed by atoms with Crippen molar-refractivity contribution >= 4 is 11.7 Å². The maximum atomic E-state index is 12.3. The van der Waals surface area contributed by atoms with Gasteiger partial charge in [-0.25, -0.2) is 0 Å². The number of rotatable bonds is 3. The highest BCUT2D eigenvalue weighted by atomic mass is 16.2. The maximum absolute atomic E-state index is 12.3. The number of anilines is 1. The molecule has 0 atom stereocenters. The first-order valence-electron chi connectivity index (χ1n) is 7.59. The molecule has 1 amide bonds. The number of carbonyl (C=O) groups is 1. The fourth-order valence-electron chi connectivity index (χ4n) is 2.63. The summed E-state index contributed by atoms with van der Waals surface area (Å²) in [7, 11) is 0. The van der Waals surface area contributed by atoms with E-state index in [4.69, 9.17) is 0 Å². The molecular formula is C17H20N4O. The molecule has 1 aromatic carbocycles. The standard InChI is InChI=1S/C17H20N4O/c1-14-7-8-16(19-18-14)20-9-11-21(12-10-20)17(22)13-15-5-3-2-4-6-15/h2-8H,9-13H2,1H3. The van der Waals surface area contributed by atoms with Crippen molar-refractivity contribution in [2.24, 2.45) is 0 Å². The van der Waals surface area contributed by atoms with Gasteiger partial charge in [0.1, 0.15) is 0 Å². The normalized spacial score (nSPS) is 15.0. The lowest BCUT2D eigenvalue weighted by Gasteiger charge is -2.35. The molecule has 2 heterocycles. The van der Waals surface area contributed by atoms with Crippen LogP contribution in [-0.2, 0) is 11.2 Å². The van der Waals surface area contributed by atoms with Crippen molar-refractivity contribution < 1.29 is 4.79 Å². The Morgan fingerprint density at radius 1 is 1.00 bits per heavy atom. The molecule has 22 heavy (non-hydrogen) atoms. The lowest BCUT2D eigenvalue weighted by molar-refractivity contribution is -0.130. The van der Waals surface area contributed by atoms with Gasteiger partial charge >= 0.3 is 0 Å². The van der Waals surface area contributed by atoms with Gasteiger partial charge in [-0.15, -0.1) is 5.10 Å². The van der Waals surface area contributed by atoms with Gasteiger partial charge in [-0.05, 0) is 24.6 Å². The van der Waals surface area contributed by atoms with Crippen LogP contribution in [0.2, 0.25) is 0 Å². The van der Waals surface area contributed by atoms with Gasteiger partial charge in [-0.3, -0.25) is 4.79 Å². The first kappa shape index (κ1) is 14.5. The van der Waals surface area contributed by atoms with Crippen LogP contribution in [0.25, 0.3) is 0 Å². The van der Waals surface area contributed by atoms with Crippen molar-refractivity contribution in [2.45, 2.75) is 13.3 Å². The van der Waals surface area contributed by atoms with Crippen LogP contribution in [0.15, 0.2) is 42.5 Å². The smallest absolute Gasteiger partial charge is 0.227 e. The molecule has 0 radical (unpaired) electrons. The van der Waals surface area contributed by atoms with E-state index in [1.807, 2.05) is 54.3 Å². The van der Waals surface area contributed by atoms with Crippen molar-refractivity contribution in [3.8, 4) is 0 Å². The minimum Gasteiger partial charge on any atom is -0.352 e. The van der Waals surface area contributed by atoms with Crippen LogP contribution in [0, 0.1) is 6.92 Å². The molecule has 5 heteroatoms. The molecule has 1 aromatic heterocycles. The molecule has 0 saturated carbocycles. The number of amides is 1. The molecule has 0 aliphatic carbocycles. The molecule has 1 fully saturated rings. The maximum Gasteiger partial charge on any atom is 0.227 e.